The Bertz CT molecular complexity index is 523. The molecular weight excluding hydrogens is 299 g/mol. The van der Waals surface area contributed by atoms with Gasteiger partial charge >= 0.3 is 12.1 Å². The Morgan fingerprint density at radius 1 is 1.18 bits per heavy atom. The van der Waals surface area contributed by atoms with Crippen molar-refractivity contribution in [3.05, 3.63) is 35.9 Å². The molecule has 0 spiro atoms. The first-order valence-corrected chi connectivity index (χ1v) is 6.95. The zero-order valence-corrected chi connectivity index (χ0v) is 11.9. The summed E-state index contributed by atoms with van der Waals surface area (Å²) in [4.78, 5) is 12.0. The van der Waals surface area contributed by atoms with E-state index in [1.807, 2.05) is 6.07 Å². The second-order valence-electron chi connectivity index (χ2n) is 5.75. The second kappa shape index (κ2) is 5.89. The molecule has 0 saturated heterocycles. The number of aliphatic hydroxyl groups is 1. The number of ether oxygens (including phenoxy) is 1. The maximum Gasteiger partial charge on any atom is 0.417 e. The third kappa shape index (κ3) is 3.41. The third-order valence-corrected chi connectivity index (χ3v) is 4.12. The van der Waals surface area contributed by atoms with Crippen LogP contribution in [-0.2, 0) is 16.1 Å². The smallest absolute Gasteiger partial charge is 0.417 e. The van der Waals surface area contributed by atoms with Crippen molar-refractivity contribution in [3.63, 3.8) is 0 Å². The van der Waals surface area contributed by atoms with Crippen molar-refractivity contribution >= 4 is 5.97 Å². The highest BCUT2D eigenvalue weighted by atomic mass is 19.4. The molecule has 1 fully saturated rings. The summed E-state index contributed by atoms with van der Waals surface area (Å²) in [5.41, 5.74) is 2.40. The summed E-state index contributed by atoms with van der Waals surface area (Å²) in [6.45, 7) is 0.0160. The van der Waals surface area contributed by atoms with Crippen LogP contribution in [-0.4, -0.2) is 28.4 Å². The molecule has 2 rings (SSSR count). The van der Waals surface area contributed by atoms with Crippen LogP contribution in [0.3, 0.4) is 0 Å². The topological polar surface area (TPSA) is 72.6 Å². The van der Waals surface area contributed by atoms with Gasteiger partial charge in [0.05, 0.1) is 0 Å². The highest BCUT2D eigenvalue weighted by Crippen LogP contribution is 2.44. The van der Waals surface area contributed by atoms with E-state index in [1.165, 1.54) is 0 Å². The summed E-state index contributed by atoms with van der Waals surface area (Å²) in [6, 6.07) is 8.91. The zero-order valence-electron chi connectivity index (χ0n) is 11.9. The van der Waals surface area contributed by atoms with Crippen LogP contribution in [0, 0.1) is 0 Å². The average Bonchev–Trinajstić information content (AvgIpc) is 2.48. The lowest BCUT2D eigenvalue weighted by Crippen LogP contribution is -2.58. The fourth-order valence-electron chi connectivity index (χ4n) is 2.46. The lowest BCUT2D eigenvalue weighted by Gasteiger charge is -2.40. The van der Waals surface area contributed by atoms with Gasteiger partial charge in [-0.3, -0.25) is 4.79 Å². The van der Waals surface area contributed by atoms with E-state index in [4.69, 9.17) is 10.5 Å². The SMILES string of the molecule is NC1(C(=O)OCc2ccccc2)CCC(O)(C(F)(F)F)CC1. The van der Waals surface area contributed by atoms with E-state index in [9.17, 15) is 23.1 Å². The van der Waals surface area contributed by atoms with Gasteiger partial charge in [0.2, 0.25) is 0 Å². The van der Waals surface area contributed by atoms with Crippen molar-refractivity contribution in [1.82, 2.24) is 0 Å². The van der Waals surface area contributed by atoms with Crippen molar-refractivity contribution in [2.24, 2.45) is 5.73 Å². The lowest BCUT2D eigenvalue weighted by molar-refractivity contribution is -0.272. The fourth-order valence-corrected chi connectivity index (χ4v) is 2.46. The molecule has 3 N–H and O–H groups in total. The molecule has 0 radical (unpaired) electrons. The zero-order chi connectivity index (χ0) is 16.4. The van der Waals surface area contributed by atoms with E-state index >= 15 is 0 Å². The van der Waals surface area contributed by atoms with Gasteiger partial charge in [0, 0.05) is 0 Å². The Labute approximate surface area is 126 Å². The van der Waals surface area contributed by atoms with Gasteiger partial charge in [0.25, 0.3) is 0 Å². The number of carbonyl (C=O) groups excluding carboxylic acids is 1. The van der Waals surface area contributed by atoms with Crippen LogP contribution in [0.25, 0.3) is 0 Å². The van der Waals surface area contributed by atoms with Crippen LogP contribution in [0.1, 0.15) is 31.2 Å². The van der Waals surface area contributed by atoms with Crippen LogP contribution < -0.4 is 5.73 Å². The normalized spacial score (nSPS) is 29.1. The highest BCUT2D eigenvalue weighted by molar-refractivity contribution is 5.80. The Hall–Kier alpha value is -1.60. The molecule has 22 heavy (non-hydrogen) atoms. The van der Waals surface area contributed by atoms with Crippen LogP contribution in [0.15, 0.2) is 30.3 Å². The minimum absolute atomic E-state index is 0.0160. The van der Waals surface area contributed by atoms with E-state index in [1.54, 1.807) is 24.3 Å². The minimum atomic E-state index is -4.72. The molecule has 0 amide bonds. The van der Waals surface area contributed by atoms with E-state index in [0.29, 0.717) is 0 Å². The van der Waals surface area contributed by atoms with E-state index in [0.717, 1.165) is 5.56 Å². The number of alkyl halides is 3. The van der Waals surface area contributed by atoms with Crippen molar-refractivity contribution < 1.29 is 27.8 Å². The number of hydrogen-bond donors (Lipinski definition) is 2. The molecule has 0 heterocycles. The van der Waals surface area contributed by atoms with Crippen LogP contribution in [0.4, 0.5) is 13.2 Å². The summed E-state index contributed by atoms with van der Waals surface area (Å²) in [7, 11) is 0. The predicted molar refractivity (Wildman–Crippen MR) is 72.6 cm³/mol. The van der Waals surface area contributed by atoms with Gasteiger partial charge < -0.3 is 15.6 Å². The first kappa shape index (κ1) is 16.8. The molecule has 0 atom stereocenters. The highest BCUT2D eigenvalue weighted by Gasteiger charge is 2.58. The van der Waals surface area contributed by atoms with Gasteiger partial charge in [0.1, 0.15) is 12.1 Å². The number of carbonyl (C=O) groups is 1. The number of nitrogens with two attached hydrogens (primary N) is 1. The summed E-state index contributed by atoms with van der Waals surface area (Å²) in [6.07, 6.45) is -6.46. The van der Waals surface area contributed by atoms with Crippen LogP contribution in [0.2, 0.25) is 0 Å². The van der Waals surface area contributed by atoms with Gasteiger partial charge in [-0.05, 0) is 31.2 Å². The van der Waals surface area contributed by atoms with E-state index in [-0.39, 0.29) is 19.4 Å². The van der Waals surface area contributed by atoms with Gasteiger partial charge in [-0.2, -0.15) is 13.2 Å². The summed E-state index contributed by atoms with van der Waals surface area (Å²) < 4.78 is 43.3. The maximum atomic E-state index is 12.7. The largest absolute Gasteiger partial charge is 0.459 e. The Morgan fingerprint density at radius 2 is 1.73 bits per heavy atom. The van der Waals surface area contributed by atoms with Crippen molar-refractivity contribution in [1.29, 1.82) is 0 Å². The van der Waals surface area contributed by atoms with Crippen molar-refractivity contribution in [2.75, 3.05) is 0 Å². The summed E-state index contributed by atoms with van der Waals surface area (Å²) >= 11 is 0. The standard InChI is InChI=1S/C15H18F3NO3/c16-15(17,18)14(21)8-6-13(19,7-9-14)12(20)22-10-11-4-2-1-3-5-11/h1-5,21H,6-10,19H2. The third-order valence-electron chi connectivity index (χ3n) is 4.12. The number of hydrogen-bond acceptors (Lipinski definition) is 4. The van der Waals surface area contributed by atoms with Crippen LogP contribution >= 0.6 is 0 Å². The molecule has 0 aliphatic heterocycles. The molecule has 0 bridgehead atoms. The molecule has 1 aromatic carbocycles. The van der Waals surface area contributed by atoms with Crippen LogP contribution in [0.5, 0.6) is 0 Å². The van der Waals surface area contributed by atoms with E-state index < -0.39 is 36.1 Å². The number of esters is 1. The quantitative estimate of drug-likeness (QED) is 0.839. The average molecular weight is 317 g/mol. The molecule has 4 nitrogen and oxygen atoms in total. The summed E-state index contributed by atoms with van der Waals surface area (Å²) in [5.74, 6) is -0.736. The minimum Gasteiger partial charge on any atom is -0.459 e. The van der Waals surface area contributed by atoms with Gasteiger partial charge in [-0.25, -0.2) is 0 Å². The van der Waals surface area contributed by atoms with E-state index in [2.05, 4.69) is 0 Å². The molecule has 1 saturated carbocycles. The molecule has 0 aromatic heterocycles. The maximum absolute atomic E-state index is 12.7. The summed E-state index contributed by atoms with van der Waals surface area (Å²) in [5, 5.41) is 9.60. The molecule has 7 heteroatoms. The van der Waals surface area contributed by atoms with Crippen molar-refractivity contribution in [3.8, 4) is 0 Å². The first-order chi connectivity index (χ1) is 10.2. The Balaban J connectivity index is 1.94. The lowest BCUT2D eigenvalue weighted by atomic mass is 9.74. The number of rotatable bonds is 3. The second-order valence-corrected chi connectivity index (χ2v) is 5.75. The molecule has 1 aliphatic rings. The molecule has 0 unspecified atom stereocenters. The fraction of sp³-hybridized carbons (Fsp3) is 0.533. The predicted octanol–water partition coefficient (Wildman–Crippen LogP) is 2.29. The number of halogens is 3. The first-order valence-electron chi connectivity index (χ1n) is 6.95. The number of benzene rings is 1. The Kier molecular flexibility index (Phi) is 4.49. The molecule has 122 valence electrons. The monoisotopic (exact) mass is 317 g/mol. The molecule has 1 aromatic rings. The Morgan fingerprint density at radius 3 is 2.23 bits per heavy atom. The van der Waals surface area contributed by atoms with Gasteiger partial charge in [-0.1, -0.05) is 30.3 Å². The van der Waals surface area contributed by atoms with Gasteiger partial charge in [-0.15, -0.1) is 0 Å². The van der Waals surface area contributed by atoms with Gasteiger partial charge in [0.15, 0.2) is 5.60 Å². The molecule has 1 aliphatic carbocycles. The van der Waals surface area contributed by atoms with Crippen molar-refractivity contribution in [2.45, 2.75) is 49.6 Å². The molecular formula is C15H18F3NO3.